The fraction of sp³-hybridized carbons (Fsp3) is 0.0909. The highest BCUT2D eigenvalue weighted by Gasteiger charge is 2.14. The Kier molecular flexibility index (Phi) is 3.42. The average molecular weight is 289 g/mol. The summed E-state index contributed by atoms with van der Waals surface area (Å²) in [4.78, 5) is 1.01. The second kappa shape index (κ2) is 4.68. The molecular formula is C11H9ClO3S2. The van der Waals surface area contributed by atoms with E-state index in [9.17, 15) is 8.42 Å². The minimum atomic E-state index is -3.72. The summed E-state index contributed by atoms with van der Waals surface area (Å²) in [5.41, 5.74) is 0.726. The van der Waals surface area contributed by atoms with E-state index in [1.807, 2.05) is 17.5 Å². The van der Waals surface area contributed by atoms with Crippen LogP contribution in [0.5, 0.6) is 5.75 Å². The molecule has 3 nitrogen and oxygen atoms in total. The van der Waals surface area contributed by atoms with E-state index < -0.39 is 9.05 Å². The Morgan fingerprint density at radius 2 is 2.06 bits per heavy atom. The van der Waals surface area contributed by atoms with Gasteiger partial charge in [0, 0.05) is 21.1 Å². The molecule has 0 unspecified atom stereocenters. The molecule has 0 aliphatic heterocycles. The second-order valence-corrected chi connectivity index (χ2v) is 6.79. The third kappa shape index (κ3) is 2.62. The van der Waals surface area contributed by atoms with E-state index in [-0.39, 0.29) is 4.90 Å². The summed E-state index contributed by atoms with van der Waals surface area (Å²) in [6.07, 6.45) is 0. The zero-order valence-electron chi connectivity index (χ0n) is 8.88. The highest BCUT2D eigenvalue weighted by Crippen LogP contribution is 2.35. The van der Waals surface area contributed by atoms with Crippen molar-refractivity contribution in [2.75, 3.05) is 7.11 Å². The van der Waals surface area contributed by atoms with Crippen LogP contribution in [0, 0.1) is 0 Å². The second-order valence-electron chi connectivity index (χ2n) is 3.28. The molecule has 0 amide bonds. The number of benzene rings is 1. The van der Waals surface area contributed by atoms with Gasteiger partial charge in [0.1, 0.15) is 5.75 Å². The van der Waals surface area contributed by atoms with Crippen LogP contribution in [0.3, 0.4) is 0 Å². The standard InChI is InChI=1S/C11H9ClO3S2/c1-15-10-5-4-8(17(12,13)14)7-9(10)11-3-2-6-16-11/h2-7H,1H3. The number of rotatable bonds is 3. The molecule has 2 rings (SSSR count). The van der Waals surface area contributed by atoms with Gasteiger partial charge in [-0.1, -0.05) is 6.07 Å². The summed E-state index contributed by atoms with van der Waals surface area (Å²) in [6.45, 7) is 0. The molecule has 17 heavy (non-hydrogen) atoms. The Balaban J connectivity index is 2.63. The molecule has 0 bridgehead atoms. The quantitative estimate of drug-likeness (QED) is 0.814. The zero-order valence-corrected chi connectivity index (χ0v) is 11.3. The first-order chi connectivity index (χ1) is 8.02. The zero-order chi connectivity index (χ0) is 12.5. The van der Waals surface area contributed by atoms with Crippen molar-refractivity contribution < 1.29 is 13.2 Å². The van der Waals surface area contributed by atoms with E-state index in [1.54, 1.807) is 13.2 Å². The van der Waals surface area contributed by atoms with Gasteiger partial charge in [0.15, 0.2) is 0 Å². The van der Waals surface area contributed by atoms with E-state index in [0.717, 1.165) is 10.4 Å². The summed E-state index contributed by atoms with van der Waals surface area (Å²) in [6, 6.07) is 8.34. The fourth-order valence-corrected chi connectivity index (χ4v) is 2.99. The van der Waals surface area contributed by atoms with Gasteiger partial charge in [-0.15, -0.1) is 11.3 Å². The Hall–Kier alpha value is -1.04. The molecule has 0 saturated heterocycles. The minimum absolute atomic E-state index is 0.0726. The van der Waals surface area contributed by atoms with E-state index in [1.165, 1.54) is 23.5 Å². The van der Waals surface area contributed by atoms with Gasteiger partial charge in [-0.3, -0.25) is 0 Å². The van der Waals surface area contributed by atoms with Crippen LogP contribution >= 0.6 is 22.0 Å². The number of methoxy groups -OCH3 is 1. The smallest absolute Gasteiger partial charge is 0.261 e. The van der Waals surface area contributed by atoms with Gasteiger partial charge in [-0.25, -0.2) is 8.42 Å². The largest absolute Gasteiger partial charge is 0.496 e. The van der Waals surface area contributed by atoms with E-state index >= 15 is 0 Å². The van der Waals surface area contributed by atoms with Gasteiger partial charge in [-0.2, -0.15) is 0 Å². The molecule has 0 N–H and O–H groups in total. The third-order valence-corrected chi connectivity index (χ3v) is 4.49. The lowest BCUT2D eigenvalue weighted by atomic mass is 10.1. The molecule has 2 aromatic rings. The molecular weight excluding hydrogens is 280 g/mol. The number of thiophene rings is 1. The molecule has 0 saturated carbocycles. The van der Waals surface area contributed by atoms with Crippen molar-refractivity contribution in [2.24, 2.45) is 0 Å². The summed E-state index contributed by atoms with van der Waals surface area (Å²) in [5, 5.41) is 1.91. The fourth-order valence-electron chi connectivity index (χ4n) is 1.46. The van der Waals surface area contributed by atoms with Gasteiger partial charge in [0.2, 0.25) is 0 Å². The normalized spacial score (nSPS) is 11.4. The molecule has 1 aromatic heterocycles. The first kappa shape index (κ1) is 12.4. The van der Waals surface area contributed by atoms with Gasteiger partial charge in [0.25, 0.3) is 9.05 Å². The number of hydrogen-bond acceptors (Lipinski definition) is 4. The SMILES string of the molecule is COc1ccc(S(=O)(=O)Cl)cc1-c1cccs1. The molecule has 1 heterocycles. The molecule has 0 atom stereocenters. The van der Waals surface area contributed by atoms with Crippen LogP contribution in [0.2, 0.25) is 0 Å². The maximum absolute atomic E-state index is 11.3. The van der Waals surface area contributed by atoms with Crippen molar-refractivity contribution in [3.05, 3.63) is 35.7 Å². The lowest BCUT2D eigenvalue weighted by molar-refractivity contribution is 0.416. The predicted octanol–water partition coefficient (Wildman–Crippen LogP) is 3.35. The number of halogens is 1. The van der Waals surface area contributed by atoms with Gasteiger partial charge in [-0.05, 0) is 29.6 Å². The van der Waals surface area contributed by atoms with Crippen LogP contribution in [0.1, 0.15) is 0 Å². The molecule has 1 aromatic carbocycles. The van der Waals surface area contributed by atoms with Crippen molar-refractivity contribution in [1.29, 1.82) is 0 Å². The van der Waals surface area contributed by atoms with Crippen molar-refractivity contribution in [3.63, 3.8) is 0 Å². The van der Waals surface area contributed by atoms with Crippen molar-refractivity contribution >= 4 is 31.1 Å². The van der Waals surface area contributed by atoms with Gasteiger partial charge < -0.3 is 4.74 Å². The highest BCUT2D eigenvalue weighted by molar-refractivity contribution is 8.13. The molecule has 6 heteroatoms. The van der Waals surface area contributed by atoms with E-state index in [4.69, 9.17) is 15.4 Å². The van der Waals surface area contributed by atoms with Gasteiger partial charge in [0.05, 0.1) is 12.0 Å². The summed E-state index contributed by atoms with van der Waals surface area (Å²) < 4.78 is 27.8. The Bertz CT molecular complexity index is 618. The minimum Gasteiger partial charge on any atom is -0.496 e. The molecule has 0 radical (unpaired) electrons. The van der Waals surface area contributed by atoms with Crippen LogP contribution in [-0.4, -0.2) is 15.5 Å². The molecule has 0 fully saturated rings. The third-order valence-electron chi connectivity index (χ3n) is 2.24. The topological polar surface area (TPSA) is 43.4 Å². The molecule has 0 aliphatic carbocycles. The predicted molar refractivity (Wildman–Crippen MR) is 69.3 cm³/mol. The van der Waals surface area contributed by atoms with E-state index in [2.05, 4.69) is 0 Å². The maximum Gasteiger partial charge on any atom is 0.261 e. The van der Waals surface area contributed by atoms with Crippen LogP contribution in [0.15, 0.2) is 40.6 Å². The van der Waals surface area contributed by atoms with Gasteiger partial charge >= 0.3 is 0 Å². The van der Waals surface area contributed by atoms with Crippen molar-refractivity contribution in [1.82, 2.24) is 0 Å². The first-order valence-electron chi connectivity index (χ1n) is 4.69. The average Bonchev–Trinajstić information content (AvgIpc) is 2.80. The van der Waals surface area contributed by atoms with Crippen LogP contribution in [-0.2, 0) is 9.05 Å². The molecule has 90 valence electrons. The van der Waals surface area contributed by atoms with Crippen molar-refractivity contribution in [3.8, 4) is 16.2 Å². The summed E-state index contributed by atoms with van der Waals surface area (Å²) in [5.74, 6) is 0.622. The lowest BCUT2D eigenvalue weighted by Gasteiger charge is -2.07. The van der Waals surface area contributed by atoms with Crippen LogP contribution in [0.4, 0.5) is 0 Å². The Morgan fingerprint density at radius 1 is 1.29 bits per heavy atom. The summed E-state index contributed by atoms with van der Waals surface area (Å²) in [7, 11) is 3.15. The van der Waals surface area contributed by atoms with Crippen LogP contribution in [0.25, 0.3) is 10.4 Å². The van der Waals surface area contributed by atoms with Crippen LogP contribution < -0.4 is 4.74 Å². The highest BCUT2D eigenvalue weighted by atomic mass is 35.7. The van der Waals surface area contributed by atoms with Crippen molar-refractivity contribution in [2.45, 2.75) is 4.90 Å². The molecule has 0 spiro atoms. The Morgan fingerprint density at radius 3 is 2.59 bits per heavy atom. The monoisotopic (exact) mass is 288 g/mol. The maximum atomic E-state index is 11.3. The van der Waals surface area contributed by atoms with E-state index in [0.29, 0.717) is 5.75 Å². The Labute approximate surface area is 108 Å². The first-order valence-corrected chi connectivity index (χ1v) is 7.88. The number of ether oxygens (including phenoxy) is 1. The molecule has 0 aliphatic rings. The lowest BCUT2D eigenvalue weighted by Crippen LogP contribution is -1.93. The number of hydrogen-bond donors (Lipinski definition) is 0. The summed E-state index contributed by atoms with van der Waals surface area (Å²) >= 11 is 1.51.